The number of rotatable bonds is 2. The zero-order valence-corrected chi connectivity index (χ0v) is 6.35. The predicted octanol–water partition coefficient (Wildman–Crippen LogP) is 3.25. The van der Waals surface area contributed by atoms with Gasteiger partial charge in [-0.2, -0.15) is 0 Å². The first-order valence-corrected chi connectivity index (χ1v) is 3.63. The molecule has 0 spiro atoms. The Morgan fingerprint density at radius 3 is 2.73 bits per heavy atom. The number of hydrogen-bond acceptors (Lipinski definition) is 0. The molecule has 60 valence electrons. The summed E-state index contributed by atoms with van der Waals surface area (Å²) in [7, 11) is 0. The van der Waals surface area contributed by atoms with Crippen molar-refractivity contribution in [2.24, 2.45) is 0 Å². The average molecular weight is 156 g/mol. The van der Waals surface area contributed by atoms with E-state index in [0.29, 0.717) is 12.0 Å². The molecule has 0 aromatic heterocycles. The molecule has 0 aliphatic heterocycles. The second-order valence-corrected chi connectivity index (χ2v) is 2.43. The Morgan fingerprint density at radius 1 is 1.45 bits per heavy atom. The molecule has 2 heteroatoms. The van der Waals surface area contributed by atoms with E-state index in [1.165, 1.54) is 18.2 Å². The SMILES string of the molecule is CCC(F)c1cccc(F)c1. The van der Waals surface area contributed by atoms with Gasteiger partial charge >= 0.3 is 0 Å². The highest BCUT2D eigenvalue weighted by atomic mass is 19.1. The van der Waals surface area contributed by atoms with Crippen LogP contribution in [-0.4, -0.2) is 0 Å². The van der Waals surface area contributed by atoms with E-state index in [2.05, 4.69) is 0 Å². The molecule has 1 atom stereocenters. The minimum absolute atomic E-state index is 0.376. The number of hydrogen-bond donors (Lipinski definition) is 0. The molecule has 0 nitrogen and oxygen atoms in total. The first-order valence-electron chi connectivity index (χ1n) is 3.63. The molecule has 1 rings (SSSR count). The Labute approximate surface area is 64.9 Å². The van der Waals surface area contributed by atoms with E-state index in [0.717, 1.165) is 0 Å². The molecule has 0 aliphatic rings. The van der Waals surface area contributed by atoms with E-state index in [1.54, 1.807) is 13.0 Å². The molecule has 1 aromatic carbocycles. The highest BCUT2D eigenvalue weighted by Gasteiger charge is 2.06. The lowest BCUT2D eigenvalue weighted by atomic mass is 10.1. The van der Waals surface area contributed by atoms with Gasteiger partial charge in [-0.3, -0.25) is 0 Å². The third-order valence-corrected chi connectivity index (χ3v) is 1.57. The zero-order valence-electron chi connectivity index (χ0n) is 6.35. The van der Waals surface area contributed by atoms with Gasteiger partial charge in [-0.15, -0.1) is 0 Å². The highest BCUT2D eigenvalue weighted by molar-refractivity contribution is 5.18. The van der Waals surface area contributed by atoms with E-state index < -0.39 is 6.17 Å². The quantitative estimate of drug-likeness (QED) is 0.616. The van der Waals surface area contributed by atoms with Crippen molar-refractivity contribution in [3.63, 3.8) is 0 Å². The molecule has 0 aliphatic carbocycles. The lowest BCUT2D eigenvalue weighted by Gasteiger charge is -2.03. The molecule has 11 heavy (non-hydrogen) atoms. The summed E-state index contributed by atoms with van der Waals surface area (Å²) in [4.78, 5) is 0. The summed E-state index contributed by atoms with van der Waals surface area (Å²) in [5.74, 6) is -0.376. The van der Waals surface area contributed by atoms with Crippen LogP contribution in [0.4, 0.5) is 8.78 Å². The number of alkyl halides is 1. The standard InChI is InChI=1S/C9H10F2/c1-2-9(11)7-4-3-5-8(10)6-7/h3-6,9H,2H2,1H3. The summed E-state index contributed by atoms with van der Waals surface area (Å²) < 4.78 is 25.4. The fraction of sp³-hybridized carbons (Fsp3) is 0.333. The second kappa shape index (κ2) is 3.46. The molecule has 0 bridgehead atoms. The Balaban J connectivity index is 2.86. The van der Waals surface area contributed by atoms with Crippen molar-refractivity contribution in [2.75, 3.05) is 0 Å². The Morgan fingerprint density at radius 2 is 2.18 bits per heavy atom. The predicted molar refractivity (Wildman–Crippen MR) is 40.5 cm³/mol. The third-order valence-electron chi connectivity index (χ3n) is 1.57. The van der Waals surface area contributed by atoms with Crippen molar-refractivity contribution in [1.29, 1.82) is 0 Å². The van der Waals surface area contributed by atoms with Crippen LogP contribution in [0.2, 0.25) is 0 Å². The summed E-state index contributed by atoms with van der Waals surface area (Å²) in [6.07, 6.45) is -0.644. The molecule has 0 heterocycles. The van der Waals surface area contributed by atoms with Crippen LogP contribution in [0.1, 0.15) is 25.1 Å². The average Bonchev–Trinajstić information content (AvgIpc) is 2.03. The maximum Gasteiger partial charge on any atom is 0.125 e. The fourth-order valence-corrected chi connectivity index (χ4v) is 0.937. The van der Waals surface area contributed by atoms with Crippen molar-refractivity contribution in [3.05, 3.63) is 35.6 Å². The van der Waals surface area contributed by atoms with Crippen LogP contribution in [0.25, 0.3) is 0 Å². The molecule has 1 unspecified atom stereocenters. The Hall–Kier alpha value is -0.920. The number of halogens is 2. The van der Waals surface area contributed by atoms with Gasteiger partial charge in [-0.25, -0.2) is 8.78 Å². The maximum absolute atomic E-state index is 12.9. The van der Waals surface area contributed by atoms with Gasteiger partial charge in [0.25, 0.3) is 0 Å². The summed E-state index contributed by atoms with van der Waals surface area (Å²) in [6, 6.07) is 5.66. The normalized spacial score (nSPS) is 13.0. The summed E-state index contributed by atoms with van der Waals surface area (Å²) >= 11 is 0. The summed E-state index contributed by atoms with van der Waals surface area (Å²) in [6.45, 7) is 1.73. The number of benzene rings is 1. The van der Waals surface area contributed by atoms with Crippen molar-refractivity contribution in [3.8, 4) is 0 Å². The first-order chi connectivity index (χ1) is 5.24. The van der Waals surface area contributed by atoms with Gasteiger partial charge in [0, 0.05) is 0 Å². The summed E-state index contributed by atoms with van der Waals surface area (Å²) in [5.41, 5.74) is 0.424. The van der Waals surface area contributed by atoms with Crippen LogP contribution < -0.4 is 0 Å². The maximum atomic E-state index is 12.9. The molecule has 0 radical (unpaired) electrons. The van der Waals surface area contributed by atoms with E-state index in [9.17, 15) is 8.78 Å². The van der Waals surface area contributed by atoms with Crippen LogP contribution in [0, 0.1) is 5.82 Å². The molecular weight excluding hydrogens is 146 g/mol. The molecular formula is C9H10F2. The smallest absolute Gasteiger partial charge is 0.125 e. The van der Waals surface area contributed by atoms with Gasteiger partial charge < -0.3 is 0 Å². The Kier molecular flexibility index (Phi) is 2.58. The molecule has 0 saturated heterocycles. The van der Waals surface area contributed by atoms with Gasteiger partial charge in [0.1, 0.15) is 12.0 Å². The van der Waals surface area contributed by atoms with Crippen LogP contribution in [0.5, 0.6) is 0 Å². The molecule has 0 amide bonds. The minimum Gasteiger partial charge on any atom is -0.242 e. The molecule has 1 aromatic rings. The topological polar surface area (TPSA) is 0 Å². The van der Waals surface area contributed by atoms with Crippen LogP contribution >= 0.6 is 0 Å². The first kappa shape index (κ1) is 8.18. The second-order valence-electron chi connectivity index (χ2n) is 2.43. The van der Waals surface area contributed by atoms with Crippen molar-refractivity contribution >= 4 is 0 Å². The monoisotopic (exact) mass is 156 g/mol. The van der Waals surface area contributed by atoms with Gasteiger partial charge in [0.2, 0.25) is 0 Å². The van der Waals surface area contributed by atoms with Gasteiger partial charge in [0.15, 0.2) is 0 Å². The van der Waals surface area contributed by atoms with Gasteiger partial charge in [0.05, 0.1) is 0 Å². The molecule has 0 fully saturated rings. The van der Waals surface area contributed by atoms with E-state index in [4.69, 9.17) is 0 Å². The third kappa shape index (κ3) is 2.00. The fourth-order valence-electron chi connectivity index (χ4n) is 0.937. The van der Waals surface area contributed by atoms with Crippen LogP contribution in [0.15, 0.2) is 24.3 Å². The van der Waals surface area contributed by atoms with E-state index in [-0.39, 0.29) is 5.82 Å². The van der Waals surface area contributed by atoms with Crippen molar-refractivity contribution in [1.82, 2.24) is 0 Å². The van der Waals surface area contributed by atoms with Crippen LogP contribution in [-0.2, 0) is 0 Å². The lowest BCUT2D eigenvalue weighted by molar-refractivity contribution is 0.333. The minimum atomic E-state index is -1.04. The lowest BCUT2D eigenvalue weighted by Crippen LogP contribution is -1.89. The van der Waals surface area contributed by atoms with Crippen molar-refractivity contribution < 1.29 is 8.78 Å². The van der Waals surface area contributed by atoms with Gasteiger partial charge in [-0.1, -0.05) is 19.1 Å². The van der Waals surface area contributed by atoms with Crippen LogP contribution in [0.3, 0.4) is 0 Å². The van der Waals surface area contributed by atoms with E-state index in [1.807, 2.05) is 0 Å². The largest absolute Gasteiger partial charge is 0.242 e. The van der Waals surface area contributed by atoms with E-state index >= 15 is 0 Å². The van der Waals surface area contributed by atoms with Gasteiger partial charge in [-0.05, 0) is 24.1 Å². The zero-order chi connectivity index (χ0) is 8.27. The summed E-state index contributed by atoms with van der Waals surface area (Å²) in [5, 5.41) is 0. The van der Waals surface area contributed by atoms with Crippen molar-refractivity contribution in [2.45, 2.75) is 19.5 Å². The Bertz CT molecular complexity index is 233. The molecule has 0 N–H and O–H groups in total. The molecule has 0 saturated carbocycles. The highest BCUT2D eigenvalue weighted by Crippen LogP contribution is 2.20.